The van der Waals surface area contributed by atoms with Crippen molar-refractivity contribution in [2.24, 2.45) is 0 Å². The van der Waals surface area contributed by atoms with E-state index in [1.165, 1.54) is 6.07 Å². The Balaban J connectivity index is 2.46. The first kappa shape index (κ1) is 10.2. The fourth-order valence-corrected chi connectivity index (χ4v) is 1.22. The number of phenolic OH excluding ortho intramolecular Hbond substituents is 1. The number of rotatable bonds is 2. The number of halogens is 1. The highest BCUT2D eigenvalue weighted by atomic mass is 19.1. The minimum Gasteiger partial charge on any atom is -0.507 e. The molecule has 1 aromatic heterocycles. The lowest BCUT2D eigenvalue weighted by Gasteiger charge is -1.98. The van der Waals surface area contributed by atoms with Crippen LogP contribution in [0, 0.1) is 5.82 Å². The van der Waals surface area contributed by atoms with E-state index in [-0.39, 0.29) is 22.8 Å². The number of hydrogen-bond acceptors (Lipinski definition) is 4. The molecule has 1 aromatic carbocycles. The van der Waals surface area contributed by atoms with Crippen molar-refractivity contribution >= 4 is 5.97 Å². The van der Waals surface area contributed by atoms with Crippen molar-refractivity contribution in [1.82, 2.24) is 5.16 Å². The predicted octanol–water partition coefficient (Wildman–Crippen LogP) is 1.88. The Labute approximate surface area is 88.7 Å². The number of aromatic nitrogens is 1. The summed E-state index contributed by atoms with van der Waals surface area (Å²) < 4.78 is 17.4. The monoisotopic (exact) mass is 223 g/mol. The van der Waals surface area contributed by atoms with Crippen LogP contribution >= 0.6 is 0 Å². The maximum absolute atomic E-state index is 12.7. The van der Waals surface area contributed by atoms with E-state index >= 15 is 0 Å². The van der Waals surface area contributed by atoms with Crippen LogP contribution in [0.25, 0.3) is 11.3 Å². The van der Waals surface area contributed by atoms with Crippen LogP contribution in [0.1, 0.15) is 10.5 Å². The van der Waals surface area contributed by atoms with Crippen LogP contribution in [0.5, 0.6) is 5.75 Å². The van der Waals surface area contributed by atoms with E-state index in [4.69, 9.17) is 9.63 Å². The van der Waals surface area contributed by atoms with Crippen molar-refractivity contribution in [2.45, 2.75) is 0 Å². The molecule has 0 atom stereocenters. The van der Waals surface area contributed by atoms with Gasteiger partial charge < -0.3 is 14.7 Å². The molecular weight excluding hydrogens is 217 g/mol. The summed E-state index contributed by atoms with van der Waals surface area (Å²) in [4.78, 5) is 10.5. The number of aromatic carboxylic acids is 1. The van der Waals surface area contributed by atoms with Gasteiger partial charge in [-0.2, -0.15) is 0 Å². The van der Waals surface area contributed by atoms with Crippen LogP contribution < -0.4 is 0 Å². The number of hydrogen-bond donors (Lipinski definition) is 2. The average Bonchev–Trinajstić information content (AvgIpc) is 2.66. The third-order valence-electron chi connectivity index (χ3n) is 1.95. The van der Waals surface area contributed by atoms with Gasteiger partial charge in [0.15, 0.2) is 11.5 Å². The van der Waals surface area contributed by atoms with Crippen molar-refractivity contribution < 1.29 is 23.9 Å². The van der Waals surface area contributed by atoms with Crippen molar-refractivity contribution in [2.75, 3.05) is 0 Å². The van der Waals surface area contributed by atoms with Gasteiger partial charge >= 0.3 is 5.97 Å². The summed E-state index contributed by atoms with van der Waals surface area (Å²) in [7, 11) is 0. The Kier molecular flexibility index (Phi) is 2.32. The van der Waals surface area contributed by atoms with Crippen molar-refractivity contribution in [3.05, 3.63) is 35.8 Å². The molecule has 5 nitrogen and oxygen atoms in total. The van der Waals surface area contributed by atoms with Gasteiger partial charge in [0.05, 0.1) is 5.56 Å². The third-order valence-corrected chi connectivity index (χ3v) is 1.95. The van der Waals surface area contributed by atoms with Gasteiger partial charge in [0.2, 0.25) is 0 Å². The van der Waals surface area contributed by atoms with Gasteiger partial charge in [-0.05, 0) is 12.1 Å². The predicted molar refractivity (Wildman–Crippen MR) is 50.5 cm³/mol. The number of carboxylic acid groups (broad SMARTS) is 1. The average molecular weight is 223 g/mol. The highest BCUT2D eigenvalue weighted by Gasteiger charge is 2.14. The van der Waals surface area contributed by atoms with Crippen molar-refractivity contribution in [1.29, 1.82) is 0 Å². The SMILES string of the molecule is O=C(O)c1cc(-c2ccc(F)cc2O)on1. The standard InChI is InChI=1S/C10H6FNO4/c11-5-1-2-6(8(13)3-5)9-4-7(10(14)15)12-16-9/h1-4,13H,(H,14,15). The first-order chi connectivity index (χ1) is 7.58. The molecule has 16 heavy (non-hydrogen) atoms. The molecule has 0 saturated carbocycles. The summed E-state index contributed by atoms with van der Waals surface area (Å²) in [6.45, 7) is 0. The number of benzene rings is 1. The molecule has 0 saturated heterocycles. The largest absolute Gasteiger partial charge is 0.507 e. The summed E-state index contributed by atoms with van der Waals surface area (Å²) >= 11 is 0. The molecule has 2 rings (SSSR count). The smallest absolute Gasteiger partial charge is 0.358 e. The Morgan fingerprint density at radius 1 is 1.38 bits per heavy atom. The molecule has 0 bridgehead atoms. The first-order valence-corrected chi connectivity index (χ1v) is 4.27. The number of carbonyl (C=O) groups is 1. The zero-order valence-electron chi connectivity index (χ0n) is 7.85. The minimum absolute atomic E-state index is 0.0647. The van der Waals surface area contributed by atoms with Crippen LogP contribution in [-0.2, 0) is 0 Å². The van der Waals surface area contributed by atoms with E-state index in [0.717, 1.165) is 18.2 Å². The van der Waals surface area contributed by atoms with E-state index in [0.29, 0.717) is 0 Å². The molecular formula is C10H6FNO4. The Morgan fingerprint density at radius 3 is 2.69 bits per heavy atom. The van der Waals surface area contributed by atoms with Gasteiger partial charge in [-0.15, -0.1) is 0 Å². The molecule has 2 aromatic rings. The van der Waals surface area contributed by atoms with Crippen LogP contribution in [0.4, 0.5) is 4.39 Å². The zero-order chi connectivity index (χ0) is 11.7. The van der Waals surface area contributed by atoms with Crippen LogP contribution in [0.15, 0.2) is 28.8 Å². The second-order valence-electron chi connectivity index (χ2n) is 3.04. The molecule has 0 radical (unpaired) electrons. The molecule has 0 unspecified atom stereocenters. The molecule has 82 valence electrons. The summed E-state index contributed by atoms with van der Waals surface area (Å²) in [5, 5.41) is 21.3. The topological polar surface area (TPSA) is 83.6 Å². The summed E-state index contributed by atoms with van der Waals surface area (Å²) in [6, 6.07) is 4.45. The van der Waals surface area contributed by atoms with Crippen LogP contribution in [0.2, 0.25) is 0 Å². The maximum Gasteiger partial charge on any atom is 0.358 e. The van der Waals surface area contributed by atoms with E-state index < -0.39 is 11.8 Å². The van der Waals surface area contributed by atoms with Crippen molar-refractivity contribution in [3.63, 3.8) is 0 Å². The molecule has 6 heteroatoms. The van der Waals surface area contributed by atoms with Crippen LogP contribution in [-0.4, -0.2) is 21.3 Å². The zero-order valence-corrected chi connectivity index (χ0v) is 7.85. The van der Waals surface area contributed by atoms with Crippen molar-refractivity contribution in [3.8, 4) is 17.1 Å². The molecule has 1 heterocycles. The maximum atomic E-state index is 12.7. The Hall–Kier alpha value is -2.37. The van der Waals surface area contributed by atoms with Gasteiger partial charge in [-0.3, -0.25) is 0 Å². The molecule has 0 aliphatic heterocycles. The highest BCUT2D eigenvalue weighted by molar-refractivity contribution is 5.86. The first-order valence-electron chi connectivity index (χ1n) is 4.27. The lowest BCUT2D eigenvalue weighted by Crippen LogP contribution is -1.94. The highest BCUT2D eigenvalue weighted by Crippen LogP contribution is 2.29. The Bertz CT molecular complexity index is 550. The van der Waals surface area contributed by atoms with Gasteiger partial charge in [0, 0.05) is 12.1 Å². The lowest BCUT2D eigenvalue weighted by atomic mass is 10.1. The van der Waals surface area contributed by atoms with Gasteiger partial charge in [0.25, 0.3) is 0 Å². The minimum atomic E-state index is -1.24. The fraction of sp³-hybridized carbons (Fsp3) is 0. The molecule has 0 aliphatic rings. The summed E-state index contributed by atoms with van der Waals surface area (Å²) in [5.41, 5.74) is -0.0971. The number of nitrogens with zero attached hydrogens (tertiary/aromatic N) is 1. The molecule has 0 fully saturated rings. The van der Waals surface area contributed by atoms with Gasteiger partial charge in [-0.1, -0.05) is 5.16 Å². The molecule has 0 amide bonds. The second kappa shape index (κ2) is 3.65. The van der Waals surface area contributed by atoms with E-state index in [1.54, 1.807) is 0 Å². The lowest BCUT2D eigenvalue weighted by molar-refractivity contribution is 0.0686. The van der Waals surface area contributed by atoms with E-state index in [2.05, 4.69) is 5.16 Å². The number of phenols is 1. The quantitative estimate of drug-likeness (QED) is 0.812. The van der Waals surface area contributed by atoms with Gasteiger partial charge in [-0.25, -0.2) is 9.18 Å². The fourth-order valence-electron chi connectivity index (χ4n) is 1.22. The normalized spacial score (nSPS) is 10.3. The van der Waals surface area contributed by atoms with Gasteiger partial charge in [0.1, 0.15) is 11.6 Å². The van der Waals surface area contributed by atoms with E-state index in [1.807, 2.05) is 0 Å². The summed E-state index contributed by atoms with van der Waals surface area (Å²) in [6.07, 6.45) is 0. The molecule has 2 N–H and O–H groups in total. The van der Waals surface area contributed by atoms with Crippen LogP contribution in [0.3, 0.4) is 0 Å². The Morgan fingerprint density at radius 2 is 2.12 bits per heavy atom. The number of carboxylic acids is 1. The third kappa shape index (κ3) is 1.72. The second-order valence-corrected chi connectivity index (χ2v) is 3.04. The number of aromatic hydroxyl groups is 1. The van der Waals surface area contributed by atoms with E-state index in [9.17, 15) is 14.3 Å². The molecule has 0 aliphatic carbocycles. The molecule has 0 spiro atoms. The summed E-state index contributed by atoms with van der Waals surface area (Å²) in [5.74, 6) is -2.11.